The molecule has 2 rings (SSSR count). The third-order valence-electron chi connectivity index (χ3n) is 4.19. The summed E-state index contributed by atoms with van der Waals surface area (Å²) in [6.45, 7) is 10.1. The third-order valence-corrected chi connectivity index (χ3v) is 4.19. The molecule has 0 radical (unpaired) electrons. The predicted molar refractivity (Wildman–Crippen MR) is 76.6 cm³/mol. The van der Waals surface area contributed by atoms with Crippen molar-refractivity contribution in [2.45, 2.75) is 46.2 Å². The van der Waals surface area contributed by atoms with Crippen molar-refractivity contribution < 1.29 is 0 Å². The number of piperidine rings is 1. The highest BCUT2D eigenvalue weighted by Crippen LogP contribution is 2.30. The second-order valence-electron chi connectivity index (χ2n) is 5.95. The Kier molecular flexibility index (Phi) is 3.91. The Balaban J connectivity index is 2.19. The summed E-state index contributed by atoms with van der Waals surface area (Å²) in [7, 11) is 0. The van der Waals surface area contributed by atoms with E-state index in [0.717, 1.165) is 29.8 Å². The lowest BCUT2D eigenvalue weighted by molar-refractivity contribution is 0.295. The van der Waals surface area contributed by atoms with Gasteiger partial charge in [0.1, 0.15) is 5.82 Å². The minimum Gasteiger partial charge on any atom is -0.353 e. The molecule has 0 aliphatic carbocycles. The molecule has 100 valence electrons. The van der Waals surface area contributed by atoms with E-state index < -0.39 is 0 Å². The van der Waals surface area contributed by atoms with Crippen molar-refractivity contribution in [3.05, 3.63) is 23.9 Å². The molecular weight excluding hydrogens is 222 g/mol. The van der Waals surface area contributed by atoms with Crippen molar-refractivity contribution in [2.24, 2.45) is 17.6 Å². The molecule has 0 bridgehead atoms. The van der Waals surface area contributed by atoms with Crippen LogP contribution in [0.25, 0.3) is 0 Å². The average molecular weight is 247 g/mol. The van der Waals surface area contributed by atoms with Gasteiger partial charge in [0.05, 0.1) is 0 Å². The maximum absolute atomic E-state index is 5.86. The zero-order valence-electron chi connectivity index (χ0n) is 11.9. The molecule has 1 aromatic rings. The van der Waals surface area contributed by atoms with Crippen molar-refractivity contribution in [3.8, 4) is 0 Å². The van der Waals surface area contributed by atoms with Gasteiger partial charge in [-0.15, -0.1) is 0 Å². The lowest BCUT2D eigenvalue weighted by atomic mass is 9.86. The molecule has 18 heavy (non-hydrogen) atoms. The number of nitrogens with zero attached hydrogens (tertiary/aromatic N) is 2. The van der Waals surface area contributed by atoms with E-state index in [4.69, 9.17) is 5.73 Å². The van der Waals surface area contributed by atoms with Crippen molar-refractivity contribution in [1.82, 2.24) is 4.98 Å². The van der Waals surface area contributed by atoms with Gasteiger partial charge in [-0.1, -0.05) is 19.9 Å². The van der Waals surface area contributed by atoms with Gasteiger partial charge in [0.25, 0.3) is 0 Å². The number of pyridine rings is 1. The fraction of sp³-hybridized carbons (Fsp3) is 0.667. The van der Waals surface area contributed by atoms with Crippen molar-refractivity contribution in [2.75, 3.05) is 11.4 Å². The van der Waals surface area contributed by atoms with E-state index in [1.807, 2.05) is 13.1 Å². The van der Waals surface area contributed by atoms with E-state index in [0.29, 0.717) is 6.04 Å². The Bertz CT molecular complexity index is 385. The standard InChI is InChI=1S/C15H25N3/c1-10-7-11(2)13(4)18(9-10)15-6-5-14(8-17-15)12(3)16/h5-6,8,10-13H,7,9,16H2,1-4H3. The fourth-order valence-corrected chi connectivity index (χ4v) is 2.85. The summed E-state index contributed by atoms with van der Waals surface area (Å²) in [5.74, 6) is 2.56. The van der Waals surface area contributed by atoms with Crippen LogP contribution in [-0.2, 0) is 0 Å². The molecule has 0 aromatic carbocycles. The van der Waals surface area contributed by atoms with Crippen LogP contribution in [0.15, 0.2) is 18.3 Å². The summed E-state index contributed by atoms with van der Waals surface area (Å²) >= 11 is 0. The normalized spacial score (nSPS) is 30.3. The van der Waals surface area contributed by atoms with Crippen LogP contribution < -0.4 is 10.6 Å². The molecule has 2 heterocycles. The second-order valence-corrected chi connectivity index (χ2v) is 5.95. The molecule has 4 unspecified atom stereocenters. The number of hydrogen-bond acceptors (Lipinski definition) is 3. The van der Waals surface area contributed by atoms with Gasteiger partial charge in [0.2, 0.25) is 0 Å². The van der Waals surface area contributed by atoms with Crippen molar-refractivity contribution in [3.63, 3.8) is 0 Å². The van der Waals surface area contributed by atoms with Crippen LogP contribution in [0.1, 0.15) is 45.7 Å². The Hall–Kier alpha value is -1.09. The van der Waals surface area contributed by atoms with Crippen molar-refractivity contribution >= 4 is 5.82 Å². The first-order valence-corrected chi connectivity index (χ1v) is 6.97. The molecule has 1 saturated heterocycles. The highest BCUT2D eigenvalue weighted by atomic mass is 15.2. The van der Waals surface area contributed by atoms with Crippen LogP contribution in [0.5, 0.6) is 0 Å². The van der Waals surface area contributed by atoms with E-state index in [-0.39, 0.29) is 6.04 Å². The van der Waals surface area contributed by atoms with E-state index in [1.54, 1.807) is 0 Å². The predicted octanol–water partition coefficient (Wildman–Crippen LogP) is 2.97. The van der Waals surface area contributed by atoms with Crippen molar-refractivity contribution in [1.29, 1.82) is 0 Å². The molecule has 1 aliphatic rings. The van der Waals surface area contributed by atoms with Gasteiger partial charge < -0.3 is 10.6 Å². The largest absolute Gasteiger partial charge is 0.353 e. The Morgan fingerprint density at radius 1 is 1.33 bits per heavy atom. The summed E-state index contributed by atoms with van der Waals surface area (Å²) in [5, 5.41) is 0. The number of rotatable bonds is 2. The van der Waals surface area contributed by atoms with E-state index >= 15 is 0 Å². The first-order chi connectivity index (χ1) is 8.49. The molecular formula is C15H25N3. The highest BCUT2D eigenvalue weighted by Gasteiger charge is 2.29. The molecule has 3 nitrogen and oxygen atoms in total. The summed E-state index contributed by atoms with van der Waals surface area (Å²) in [5.41, 5.74) is 6.96. The molecule has 0 amide bonds. The monoisotopic (exact) mass is 247 g/mol. The molecule has 4 atom stereocenters. The highest BCUT2D eigenvalue weighted by molar-refractivity contribution is 5.41. The van der Waals surface area contributed by atoms with Crippen LogP contribution >= 0.6 is 0 Å². The molecule has 1 aliphatic heterocycles. The molecule has 1 aromatic heterocycles. The first kappa shape index (κ1) is 13.3. The van der Waals surface area contributed by atoms with E-state index in [1.165, 1.54) is 6.42 Å². The Morgan fingerprint density at radius 3 is 2.61 bits per heavy atom. The van der Waals surface area contributed by atoms with Crippen LogP contribution in [-0.4, -0.2) is 17.6 Å². The SMILES string of the molecule is CC1CC(C)C(C)N(c2ccc(C(C)N)cn2)C1. The quantitative estimate of drug-likeness (QED) is 0.873. The number of aromatic nitrogens is 1. The number of anilines is 1. The Labute approximate surface area is 110 Å². The zero-order chi connectivity index (χ0) is 13.3. The topological polar surface area (TPSA) is 42.1 Å². The van der Waals surface area contributed by atoms with Crippen LogP contribution in [0.3, 0.4) is 0 Å². The molecule has 0 spiro atoms. The maximum Gasteiger partial charge on any atom is 0.128 e. The first-order valence-electron chi connectivity index (χ1n) is 6.97. The van der Waals surface area contributed by atoms with Crippen LogP contribution in [0.2, 0.25) is 0 Å². The van der Waals surface area contributed by atoms with E-state index in [9.17, 15) is 0 Å². The third kappa shape index (κ3) is 2.66. The maximum atomic E-state index is 5.86. The smallest absolute Gasteiger partial charge is 0.128 e. The zero-order valence-corrected chi connectivity index (χ0v) is 11.9. The molecule has 1 fully saturated rings. The van der Waals surface area contributed by atoms with Gasteiger partial charge in [0.15, 0.2) is 0 Å². The van der Waals surface area contributed by atoms with Gasteiger partial charge in [0, 0.05) is 24.8 Å². The van der Waals surface area contributed by atoms with Gasteiger partial charge in [-0.3, -0.25) is 0 Å². The fourth-order valence-electron chi connectivity index (χ4n) is 2.85. The lowest BCUT2D eigenvalue weighted by Gasteiger charge is -2.42. The average Bonchev–Trinajstić information content (AvgIpc) is 2.34. The lowest BCUT2D eigenvalue weighted by Crippen LogP contribution is -2.46. The van der Waals surface area contributed by atoms with Gasteiger partial charge in [-0.25, -0.2) is 4.98 Å². The van der Waals surface area contributed by atoms with Gasteiger partial charge in [-0.05, 0) is 43.7 Å². The minimum atomic E-state index is 0.0585. The number of nitrogens with two attached hydrogens (primary N) is 1. The minimum absolute atomic E-state index is 0.0585. The number of hydrogen-bond donors (Lipinski definition) is 1. The van der Waals surface area contributed by atoms with E-state index in [2.05, 4.69) is 42.8 Å². The van der Waals surface area contributed by atoms with Crippen LogP contribution in [0, 0.1) is 11.8 Å². The molecule has 3 heteroatoms. The summed E-state index contributed by atoms with van der Waals surface area (Å²) in [4.78, 5) is 7.02. The summed E-state index contributed by atoms with van der Waals surface area (Å²) in [6, 6.07) is 4.84. The van der Waals surface area contributed by atoms with Gasteiger partial charge >= 0.3 is 0 Å². The van der Waals surface area contributed by atoms with Crippen LogP contribution in [0.4, 0.5) is 5.82 Å². The molecule has 0 saturated carbocycles. The second kappa shape index (κ2) is 5.27. The summed E-state index contributed by atoms with van der Waals surface area (Å²) < 4.78 is 0. The summed E-state index contributed by atoms with van der Waals surface area (Å²) in [6.07, 6.45) is 3.23. The van der Waals surface area contributed by atoms with Gasteiger partial charge in [-0.2, -0.15) is 0 Å². The molecule has 2 N–H and O–H groups in total. The Morgan fingerprint density at radius 2 is 2.06 bits per heavy atom.